The second-order valence-corrected chi connectivity index (χ2v) is 13.9. The molecule has 0 radical (unpaired) electrons. The summed E-state index contributed by atoms with van der Waals surface area (Å²) < 4.78 is 39.3. The van der Waals surface area contributed by atoms with Crippen LogP contribution in [0.5, 0.6) is 40.2 Å². The van der Waals surface area contributed by atoms with Crippen molar-refractivity contribution >= 4 is 30.1 Å². The molecule has 1 unspecified atom stereocenters. The molecule has 328 valence electrons. The van der Waals surface area contributed by atoms with Crippen LogP contribution >= 0.6 is 0 Å². The van der Waals surface area contributed by atoms with E-state index in [1.165, 1.54) is 36.4 Å². The van der Waals surface area contributed by atoms with E-state index >= 15 is 0 Å². The number of phenolic OH excluding ortho intramolecular Hbond substituents is 5. The number of aliphatic carboxylic acids is 1. The highest BCUT2D eigenvalue weighted by atomic mass is 16.7. The minimum atomic E-state index is -1.98. The minimum Gasteiger partial charge on any atom is -0.508 e. The maximum absolute atomic E-state index is 12.5. The number of esters is 2. The Balaban J connectivity index is 1.26. The van der Waals surface area contributed by atoms with Gasteiger partial charge in [0, 0.05) is 23.8 Å². The first kappa shape index (κ1) is 44.2. The molecule has 0 saturated carbocycles. The fraction of sp³-hybridized carbons (Fsp3) is 0.359. The van der Waals surface area contributed by atoms with Gasteiger partial charge < -0.3 is 94.4 Å². The van der Waals surface area contributed by atoms with Gasteiger partial charge in [-0.15, -0.1) is 0 Å². The van der Waals surface area contributed by atoms with E-state index in [0.29, 0.717) is 5.56 Å². The highest BCUT2D eigenvalue weighted by Crippen LogP contribution is 2.46. The molecule has 61 heavy (non-hydrogen) atoms. The van der Waals surface area contributed by atoms with Crippen molar-refractivity contribution in [3.63, 3.8) is 0 Å². The first-order valence-corrected chi connectivity index (χ1v) is 18.1. The molecule has 0 aromatic heterocycles. The molecule has 22 nitrogen and oxygen atoms in total. The Morgan fingerprint density at radius 3 is 1.85 bits per heavy atom. The molecule has 0 aliphatic carbocycles. The maximum Gasteiger partial charge on any atom is 0.330 e. The number of carbonyl (C=O) groups is 3. The van der Waals surface area contributed by atoms with Crippen molar-refractivity contribution in [2.24, 2.45) is 0 Å². The van der Waals surface area contributed by atoms with Gasteiger partial charge >= 0.3 is 17.9 Å². The molecule has 3 heterocycles. The number of phenols is 5. The van der Waals surface area contributed by atoms with Crippen molar-refractivity contribution in [3.8, 4) is 40.2 Å². The number of aliphatic hydroxyl groups is 6. The Kier molecular flexibility index (Phi) is 13.4. The molecule has 0 amide bonds. The van der Waals surface area contributed by atoms with Gasteiger partial charge in [-0.3, -0.25) is 9.59 Å². The van der Waals surface area contributed by atoms with Gasteiger partial charge in [-0.2, -0.15) is 0 Å². The molecule has 11 atom stereocenters. The maximum atomic E-state index is 12.5. The lowest BCUT2D eigenvalue weighted by Crippen LogP contribution is -2.60. The third-order valence-electron chi connectivity index (χ3n) is 9.52. The highest BCUT2D eigenvalue weighted by molar-refractivity contribution is 5.90. The molecule has 12 N–H and O–H groups in total. The van der Waals surface area contributed by atoms with Crippen LogP contribution < -0.4 is 9.47 Å². The quantitative estimate of drug-likeness (QED) is 0.0423. The van der Waals surface area contributed by atoms with Crippen LogP contribution in [0.25, 0.3) is 12.2 Å². The normalized spacial score (nSPS) is 28.5. The molecule has 3 aliphatic rings. The Morgan fingerprint density at radius 1 is 0.656 bits per heavy atom. The number of hydrogen-bond donors (Lipinski definition) is 12. The summed E-state index contributed by atoms with van der Waals surface area (Å²) >= 11 is 0. The second-order valence-electron chi connectivity index (χ2n) is 13.9. The summed E-state index contributed by atoms with van der Waals surface area (Å²) in [5.41, 5.74) is 0.350. The average molecular weight is 861 g/mol. The van der Waals surface area contributed by atoms with E-state index in [2.05, 4.69) is 0 Å². The van der Waals surface area contributed by atoms with Crippen LogP contribution in [0.1, 0.15) is 29.2 Å². The van der Waals surface area contributed by atoms with Gasteiger partial charge in [0.25, 0.3) is 0 Å². The van der Waals surface area contributed by atoms with Gasteiger partial charge in [0.05, 0.1) is 5.56 Å². The summed E-state index contributed by atoms with van der Waals surface area (Å²) in [6.45, 7) is -1.46. The van der Waals surface area contributed by atoms with Crippen LogP contribution in [-0.2, 0) is 38.1 Å². The summed E-state index contributed by atoms with van der Waals surface area (Å²) in [6.07, 6.45) is -17.3. The van der Waals surface area contributed by atoms with Crippen molar-refractivity contribution in [3.05, 3.63) is 77.1 Å². The van der Waals surface area contributed by atoms with Gasteiger partial charge in [-0.05, 0) is 42.0 Å². The number of rotatable bonds is 13. The summed E-state index contributed by atoms with van der Waals surface area (Å²) in [4.78, 5) is 35.2. The SMILES string of the molecule is O=C(O)CC(=O)OC[C@@H]1O[C@H](Oc2cc(O)cc3c2C=C(O[C@H]2O[C@@H](COC(=O)C=Cc4ccc(O)c(O)c4)[C@H](O)[C@@H](O)[C@@H]2O)C(c2ccc(O)c(O)c2)O3)[C@@H](O)[C@H](O)[C@H]1O. The number of carbonyl (C=O) groups excluding carboxylic acids is 2. The smallest absolute Gasteiger partial charge is 0.330 e. The van der Waals surface area contributed by atoms with Crippen molar-refractivity contribution in [1.29, 1.82) is 0 Å². The van der Waals surface area contributed by atoms with Crippen molar-refractivity contribution in [2.75, 3.05) is 13.2 Å². The van der Waals surface area contributed by atoms with Gasteiger partial charge in [0.1, 0.15) is 91.5 Å². The lowest BCUT2D eigenvalue weighted by Gasteiger charge is -2.41. The summed E-state index contributed by atoms with van der Waals surface area (Å²) in [5.74, 6) is -6.82. The molecule has 2 fully saturated rings. The molecule has 2 saturated heterocycles. The number of hydrogen-bond acceptors (Lipinski definition) is 21. The van der Waals surface area contributed by atoms with E-state index < -0.39 is 128 Å². The van der Waals surface area contributed by atoms with Gasteiger partial charge in [-0.1, -0.05) is 12.1 Å². The predicted molar refractivity (Wildman–Crippen MR) is 197 cm³/mol. The van der Waals surface area contributed by atoms with Gasteiger partial charge in [-0.25, -0.2) is 4.79 Å². The third kappa shape index (κ3) is 10.2. The first-order chi connectivity index (χ1) is 28.9. The average Bonchev–Trinajstić information content (AvgIpc) is 3.21. The molecular formula is C39H40O22. The Hall–Kier alpha value is -6.37. The highest BCUT2D eigenvalue weighted by Gasteiger charge is 2.48. The Bertz CT molecular complexity index is 2170. The number of carboxylic acid groups (broad SMARTS) is 1. The first-order valence-electron chi connectivity index (χ1n) is 18.1. The number of carboxylic acids is 1. The van der Waals surface area contributed by atoms with Crippen molar-refractivity contribution in [1.82, 2.24) is 0 Å². The number of aromatic hydroxyl groups is 5. The lowest BCUT2D eigenvalue weighted by molar-refractivity contribution is -0.294. The van der Waals surface area contributed by atoms with E-state index in [1.807, 2.05) is 0 Å². The zero-order valence-corrected chi connectivity index (χ0v) is 31.3. The predicted octanol–water partition coefficient (Wildman–Crippen LogP) is -1.03. The van der Waals surface area contributed by atoms with E-state index in [9.17, 15) is 70.6 Å². The second kappa shape index (κ2) is 18.5. The summed E-state index contributed by atoms with van der Waals surface area (Å²) in [5, 5.41) is 123. The van der Waals surface area contributed by atoms with Crippen LogP contribution in [0, 0.1) is 0 Å². The largest absolute Gasteiger partial charge is 0.508 e. The molecule has 22 heteroatoms. The number of fused-ring (bicyclic) bond motifs is 1. The molecule has 0 bridgehead atoms. The van der Waals surface area contributed by atoms with Gasteiger partial charge in [0.15, 0.2) is 29.1 Å². The standard InChI is InChI=1S/C39H40O22/c40-17-9-23-18(24(10-17)58-38-35(53)33(51)32(50)27(60-38)14-56-30(48)12-28(45)46)11-25(37(57-23)16-3-5-20(42)22(44)8-16)59-39-36(54)34(52)31(49)26(61-39)13-55-29(47)6-2-15-1-4-19(41)21(43)7-15/h1-11,26-27,31-44,49-54H,12-14H2,(H,45,46)/t26-,27-,31-,32-,33+,34+,35-,36-,37?,38-,39-/m0/s1. The van der Waals surface area contributed by atoms with Crippen LogP contribution in [-0.4, -0.2) is 154 Å². The molecule has 3 aliphatic heterocycles. The molecular weight excluding hydrogens is 820 g/mol. The summed E-state index contributed by atoms with van der Waals surface area (Å²) in [7, 11) is 0. The zero-order chi connectivity index (χ0) is 44.3. The van der Waals surface area contributed by atoms with Crippen molar-refractivity contribution < 1.29 is 109 Å². The van der Waals surface area contributed by atoms with Crippen LogP contribution in [0.3, 0.4) is 0 Å². The number of aliphatic hydroxyl groups excluding tert-OH is 6. The van der Waals surface area contributed by atoms with Gasteiger partial charge in [0.2, 0.25) is 12.6 Å². The van der Waals surface area contributed by atoms with E-state index in [0.717, 1.165) is 30.3 Å². The minimum absolute atomic E-state index is 0.0713. The lowest BCUT2D eigenvalue weighted by atomic mass is 9.98. The van der Waals surface area contributed by atoms with Crippen molar-refractivity contribution in [2.45, 2.75) is 73.9 Å². The van der Waals surface area contributed by atoms with Crippen LogP contribution in [0.2, 0.25) is 0 Å². The van der Waals surface area contributed by atoms with Crippen LogP contribution in [0.4, 0.5) is 0 Å². The Labute approximate surface area is 343 Å². The molecule has 3 aromatic carbocycles. The topological polar surface area (TPSA) is 359 Å². The zero-order valence-electron chi connectivity index (χ0n) is 31.3. The fourth-order valence-electron chi connectivity index (χ4n) is 6.29. The molecule has 0 spiro atoms. The van der Waals surface area contributed by atoms with E-state index in [4.69, 9.17) is 38.3 Å². The van der Waals surface area contributed by atoms with Crippen LogP contribution in [0.15, 0.2) is 60.4 Å². The molecule has 3 aromatic rings. The summed E-state index contributed by atoms with van der Waals surface area (Å²) in [6, 6.07) is 9.43. The fourth-order valence-corrected chi connectivity index (χ4v) is 6.29. The number of ether oxygens (including phenoxy) is 7. The van der Waals surface area contributed by atoms with E-state index in [-0.39, 0.29) is 34.1 Å². The molecule has 6 rings (SSSR count). The number of benzene rings is 3. The third-order valence-corrected chi connectivity index (χ3v) is 9.52. The monoisotopic (exact) mass is 860 g/mol. The van der Waals surface area contributed by atoms with E-state index in [1.54, 1.807) is 0 Å². The Morgan fingerprint density at radius 2 is 1.25 bits per heavy atom.